The standard InChI is InChI=1S/C19H36/c1-18(2,3)12-16-8-14(9-16)7-15-10-17(11-15)13-19(4,5)6/h14-17H,7-13H2,1-6H3. The highest BCUT2D eigenvalue weighted by Gasteiger charge is 2.37. The molecular formula is C19H36. The van der Waals surface area contributed by atoms with Crippen LogP contribution < -0.4 is 0 Å². The molecule has 2 saturated carbocycles. The van der Waals surface area contributed by atoms with E-state index in [2.05, 4.69) is 41.5 Å². The maximum atomic E-state index is 2.39. The maximum absolute atomic E-state index is 2.39. The molecule has 0 saturated heterocycles. The second-order valence-corrected chi connectivity index (χ2v) is 10.2. The summed E-state index contributed by atoms with van der Waals surface area (Å²) in [5.74, 6) is 4.28. The third-order valence-electron chi connectivity index (χ3n) is 5.14. The van der Waals surface area contributed by atoms with Gasteiger partial charge in [-0.15, -0.1) is 0 Å². The van der Waals surface area contributed by atoms with Crippen LogP contribution in [0.25, 0.3) is 0 Å². The summed E-state index contributed by atoms with van der Waals surface area (Å²) < 4.78 is 0. The molecule has 0 heterocycles. The smallest absolute Gasteiger partial charge is 0.0380 e. The lowest BCUT2D eigenvalue weighted by atomic mass is 9.61. The fourth-order valence-corrected chi connectivity index (χ4v) is 4.67. The average Bonchev–Trinajstić information content (AvgIpc) is 2.05. The Balaban J connectivity index is 1.55. The van der Waals surface area contributed by atoms with Gasteiger partial charge >= 0.3 is 0 Å². The van der Waals surface area contributed by atoms with Crippen LogP contribution >= 0.6 is 0 Å². The van der Waals surface area contributed by atoms with E-state index in [4.69, 9.17) is 0 Å². The predicted octanol–water partition coefficient (Wildman–Crippen LogP) is 6.30. The van der Waals surface area contributed by atoms with Gasteiger partial charge < -0.3 is 0 Å². The molecule has 2 aliphatic rings. The fraction of sp³-hybridized carbons (Fsp3) is 1.00. The lowest BCUT2D eigenvalue weighted by Crippen LogP contribution is -2.33. The van der Waals surface area contributed by atoms with Crippen LogP contribution in [-0.2, 0) is 0 Å². The van der Waals surface area contributed by atoms with Gasteiger partial charge in [0.1, 0.15) is 0 Å². The Kier molecular flexibility index (Phi) is 4.38. The van der Waals surface area contributed by atoms with Crippen LogP contribution in [0.1, 0.15) is 86.5 Å². The molecule has 19 heavy (non-hydrogen) atoms. The molecule has 0 unspecified atom stereocenters. The van der Waals surface area contributed by atoms with Crippen LogP contribution in [0.15, 0.2) is 0 Å². The minimum atomic E-state index is 0.546. The van der Waals surface area contributed by atoms with Crippen molar-refractivity contribution >= 4 is 0 Å². The minimum absolute atomic E-state index is 0.546. The Hall–Kier alpha value is 0. The Labute approximate surface area is 121 Å². The largest absolute Gasteiger partial charge is 0.0602 e. The van der Waals surface area contributed by atoms with Crippen LogP contribution in [0, 0.1) is 34.5 Å². The summed E-state index contributed by atoms with van der Waals surface area (Å²) in [5, 5.41) is 0. The van der Waals surface area contributed by atoms with Crippen LogP contribution in [0.3, 0.4) is 0 Å². The van der Waals surface area contributed by atoms with E-state index in [-0.39, 0.29) is 0 Å². The van der Waals surface area contributed by atoms with Gasteiger partial charge in [-0.25, -0.2) is 0 Å². The molecule has 0 atom stereocenters. The van der Waals surface area contributed by atoms with Crippen molar-refractivity contribution in [3.63, 3.8) is 0 Å². The van der Waals surface area contributed by atoms with E-state index in [1.54, 1.807) is 6.42 Å². The molecule has 2 aliphatic carbocycles. The summed E-state index contributed by atoms with van der Waals surface area (Å²) in [7, 11) is 0. The number of rotatable bonds is 4. The lowest BCUT2D eigenvalue weighted by molar-refractivity contribution is 0.0629. The van der Waals surface area contributed by atoms with Crippen molar-refractivity contribution in [1.29, 1.82) is 0 Å². The van der Waals surface area contributed by atoms with Crippen molar-refractivity contribution in [3.8, 4) is 0 Å². The molecule has 0 radical (unpaired) electrons. The average molecular weight is 264 g/mol. The van der Waals surface area contributed by atoms with Gasteiger partial charge in [0, 0.05) is 0 Å². The highest BCUT2D eigenvalue weighted by atomic mass is 14.4. The molecular weight excluding hydrogens is 228 g/mol. The maximum Gasteiger partial charge on any atom is -0.0380 e. The molecule has 0 aromatic rings. The Morgan fingerprint density at radius 1 is 0.579 bits per heavy atom. The van der Waals surface area contributed by atoms with Crippen molar-refractivity contribution in [2.45, 2.75) is 86.5 Å². The molecule has 0 aromatic heterocycles. The van der Waals surface area contributed by atoms with Gasteiger partial charge in [0.2, 0.25) is 0 Å². The van der Waals surface area contributed by atoms with Gasteiger partial charge in [0.25, 0.3) is 0 Å². The van der Waals surface area contributed by atoms with E-state index < -0.39 is 0 Å². The van der Waals surface area contributed by atoms with Gasteiger partial charge in [-0.1, -0.05) is 41.5 Å². The molecule has 2 rings (SSSR count). The Bertz CT molecular complexity index is 246. The summed E-state index contributed by atoms with van der Waals surface area (Å²) in [5.41, 5.74) is 1.09. The quantitative estimate of drug-likeness (QED) is 0.559. The summed E-state index contributed by atoms with van der Waals surface area (Å²) in [6.45, 7) is 14.4. The SMILES string of the molecule is CC(C)(C)CC1CC(CC2CC(CC(C)(C)C)C2)C1. The molecule has 0 amide bonds. The molecule has 0 aromatic carbocycles. The molecule has 0 spiro atoms. The van der Waals surface area contributed by atoms with Crippen molar-refractivity contribution < 1.29 is 0 Å². The van der Waals surface area contributed by atoms with Crippen molar-refractivity contribution in [2.24, 2.45) is 34.5 Å². The highest BCUT2D eigenvalue weighted by Crippen LogP contribution is 2.49. The Morgan fingerprint density at radius 2 is 0.895 bits per heavy atom. The van der Waals surface area contributed by atoms with Gasteiger partial charge in [-0.3, -0.25) is 0 Å². The van der Waals surface area contributed by atoms with Crippen molar-refractivity contribution in [1.82, 2.24) is 0 Å². The second-order valence-electron chi connectivity index (χ2n) is 10.2. The summed E-state index contributed by atoms with van der Waals surface area (Å²) in [6.07, 6.45) is 10.6. The molecule has 0 nitrogen and oxygen atoms in total. The lowest BCUT2D eigenvalue weighted by Gasteiger charge is -2.45. The van der Waals surface area contributed by atoms with E-state index in [9.17, 15) is 0 Å². The zero-order valence-electron chi connectivity index (χ0n) is 14.3. The normalized spacial score (nSPS) is 35.7. The van der Waals surface area contributed by atoms with E-state index in [0.29, 0.717) is 10.8 Å². The van der Waals surface area contributed by atoms with Gasteiger partial charge in [0.05, 0.1) is 0 Å². The zero-order chi connectivity index (χ0) is 14.3. The first-order chi connectivity index (χ1) is 8.61. The van der Waals surface area contributed by atoms with Crippen LogP contribution in [0.4, 0.5) is 0 Å². The fourth-order valence-electron chi connectivity index (χ4n) is 4.67. The van der Waals surface area contributed by atoms with E-state index in [0.717, 1.165) is 23.7 Å². The number of hydrogen-bond acceptors (Lipinski definition) is 0. The molecule has 0 N–H and O–H groups in total. The van der Waals surface area contributed by atoms with E-state index >= 15 is 0 Å². The summed E-state index contributed by atoms with van der Waals surface area (Å²) >= 11 is 0. The monoisotopic (exact) mass is 264 g/mol. The second kappa shape index (κ2) is 5.41. The molecule has 0 bridgehead atoms. The topological polar surface area (TPSA) is 0 Å². The van der Waals surface area contributed by atoms with Crippen molar-refractivity contribution in [3.05, 3.63) is 0 Å². The van der Waals surface area contributed by atoms with Gasteiger partial charge in [-0.05, 0) is 79.4 Å². The van der Waals surface area contributed by atoms with Gasteiger partial charge in [-0.2, -0.15) is 0 Å². The summed E-state index contributed by atoms with van der Waals surface area (Å²) in [4.78, 5) is 0. The van der Waals surface area contributed by atoms with E-state index in [1.807, 2.05) is 0 Å². The van der Waals surface area contributed by atoms with Crippen molar-refractivity contribution in [2.75, 3.05) is 0 Å². The number of hydrogen-bond donors (Lipinski definition) is 0. The molecule has 112 valence electrons. The molecule has 0 heteroatoms. The highest BCUT2D eigenvalue weighted by molar-refractivity contribution is 4.89. The van der Waals surface area contributed by atoms with E-state index in [1.165, 1.54) is 38.5 Å². The molecule has 0 aliphatic heterocycles. The predicted molar refractivity (Wildman–Crippen MR) is 85.2 cm³/mol. The first kappa shape index (κ1) is 15.4. The summed E-state index contributed by atoms with van der Waals surface area (Å²) in [6, 6.07) is 0. The first-order valence-corrected chi connectivity index (χ1v) is 8.61. The molecule has 2 fully saturated rings. The van der Waals surface area contributed by atoms with Crippen LogP contribution in [0.2, 0.25) is 0 Å². The van der Waals surface area contributed by atoms with Crippen LogP contribution in [-0.4, -0.2) is 0 Å². The Morgan fingerprint density at radius 3 is 1.16 bits per heavy atom. The zero-order valence-corrected chi connectivity index (χ0v) is 14.3. The third-order valence-corrected chi connectivity index (χ3v) is 5.14. The first-order valence-electron chi connectivity index (χ1n) is 8.61. The third kappa shape index (κ3) is 5.12. The minimum Gasteiger partial charge on any atom is -0.0602 e. The van der Waals surface area contributed by atoms with Crippen LogP contribution in [0.5, 0.6) is 0 Å². The van der Waals surface area contributed by atoms with Gasteiger partial charge in [0.15, 0.2) is 0 Å².